The first-order valence-corrected chi connectivity index (χ1v) is 4.85. The highest BCUT2D eigenvalue weighted by atomic mass is 19.2. The second kappa shape index (κ2) is 5.03. The van der Waals surface area contributed by atoms with E-state index in [0.29, 0.717) is 12.1 Å². The van der Waals surface area contributed by atoms with Crippen LogP contribution >= 0.6 is 0 Å². The molecule has 0 aromatic heterocycles. The fourth-order valence-electron chi connectivity index (χ4n) is 1.28. The van der Waals surface area contributed by atoms with Gasteiger partial charge < -0.3 is 5.73 Å². The Balaban J connectivity index is 2.73. The van der Waals surface area contributed by atoms with Gasteiger partial charge in [-0.15, -0.1) is 0 Å². The lowest BCUT2D eigenvalue weighted by molar-refractivity contribution is -0.122. The second-order valence-electron chi connectivity index (χ2n) is 3.74. The van der Waals surface area contributed by atoms with Crippen molar-refractivity contribution in [2.45, 2.75) is 19.5 Å². The summed E-state index contributed by atoms with van der Waals surface area (Å²) in [6, 6.07) is 3.20. The predicted molar refractivity (Wildman–Crippen MR) is 56.5 cm³/mol. The van der Waals surface area contributed by atoms with Crippen molar-refractivity contribution in [1.29, 1.82) is 0 Å². The van der Waals surface area contributed by atoms with Crippen molar-refractivity contribution in [3.05, 3.63) is 35.4 Å². The van der Waals surface area contributed by atoms with Gasteiger partial charge in [0.25, 0.3) is 0 Å². The Kier molecular flexibility index (Phi) is 3.95. The molecule has 1 aromatic carbocycles. The lowest BCUT2D eigenvalue weighted by atomic mass is 10.2. The first-order chi connectivity index (χ1) is 7.41. The molecule has 0 bridgehead atoms. The summed E-state index contributed by atoms with van der Waals surface area (Å²) in [7, 11) is 1.69. The van der Waals surface area contributed by atoms with Crippen molar-refractivity contribution < 1.29 is 13.6 Å². The predicted octanol–water partition coefficient (Wildman–Crippen LogP) is 1.27. The third kappa shape index (κ3) is 3.00. The van der Waals surface area contributed by atoms with Gasteiger partial charge in [-0.3, -0.25) is 9.69 Å². The average molecular weight is 228 g/mol. The molecule has 0 heterocycles. The third-order valence-corrected chi connectivity index (χ3v) is 2.49. The van der Waals surface area contributed by atoms with Crippen LogP contribution in [0, 0.1) is 11.6 Å². The molecule has 3 nitrogen and oxygen atoms in total. The smallest absolute Gasteiger partial charge is 0.234 e. The molecule has 5 heteroatoms. The third-order valence-electron chi connectivity index (χ3n) is 2.49. The van der Waals surface area contributed by atoms with Crippen LogP contribution in [-0.4, -0.2) is 23.9 Å². The van der Waals surface area contributed by atoms with Gasteiger partial charge in [0.05, 0.1) is 6.04 Å². The molecule has 88 valence electrons. The van der Waals surface area contributed by atoms with Crippen molar-refractivity contribution in [3.8, 4) is 0 Å². The molecular weight excluding hydrogens is 214 g/mol. The Morgan fingerprint density at radius 1 is 1.44 bits per heavy atom. The zero-order valence-corrected chi connectivity index (χ0v) is 9.21. The number of hydrogen-bond acceptors (Lipinski definition) is 2. The molecule has 0 aliphatic rings. The molecule has 1 atom stereocenters. The van der Waals surface area contributed by atoms with Gasteiger partial charge in [-0.25, -0.2) is 8.78 Å². The van der Waals surface area contributed by atoms with Gasteiger partial charge in [0.1, 0.15) is 0 Å². The molecule has 1 aromatic rings. The summed E-state index contributed by atoms with van der Waals surface area (Å²) in [6.45, 7) is 1.99. The first-order valence-electron chi connectivity index (χ1n) is 4.85. The summed E-state index contributed by atoms with van der Waals surface area (Å²) in [5, 5.41) is 0. The molecule has 0 aliphatic heterocycles. The summed E-state index contributed by atoms with van der Waals surface area (Å²) in [5.74, 6) is -2.22. The molecular formula is C11H14F2N2O. The number of hydrogen-bond donors (Lipinski definition) is 1. The maximum atomic E-state index is 12.9. The Bertz CT molecular complexity index is 396. The van der Waals surface area contributed by atoms with Crippen molar-refractivity contribution in [2.24, 2.45) is 5.73 Å². The number of rotatable bonds is 4. The van der Waals surface area contributed by atoms with Crippen LogP contribution in [0.4, 0.5) is 8.78 Å². The fraction of sp³-hybridized carbons (Fsp3) is 0.364. The minimum atomic E-state index is -0.891. The molecule has 2 N–H and O–H groups in total. The second-order valence-corrected chi connectivity index (χ2v) is 3.74. The highest BCUT2D eigenvalue weighted by Gasteiger charge is 2.15. The molecule has 1 amide bonds. The van der Waals surface area contributed by atoms with Crippen molar-refractivity contribution in [3.63, 3.8) is 0 Å². The van der Waals surface area contributed by atoms with E-state index in [2.05, 4.69) is 0 Å². The minimum absolute atomic E-state index is 0.335. The number of likely N-dealkylation sites (N-methyl/N-ethyl adjacent to an activating group) is 1. The maximum Gasteiger partial charge on any atom is 0.234 e. The van der Waals surface area contributed by atoms with E-state index in [-0.39, 0.29) is 0 Å². The van der Waals surface area contributed by atoms with Crippen molar-refractivity contribution >= 4 is 5.91 Å². The van der Waals surface area contributed by atoms with Gasteiger partial charge in [-0.05, 0) is 31.7 Å². The SMILES string of the molecule is C[C@H](C(N)=O)N(C)Cc1ccc(F)c(F)c1. The van der Waals surface area contributed by atoms with E-state index in [0.717, 1.165) is 12.1 Å². The van der Waals surface area contributed by atoms with Gasteiger partial charge in [0, 0.05) is 6.54 Å². The number of primary amides is 1. The van der Waals surface area contributed by atoms with Gasteiger partial charge >= 0.3 is 0 Å². The Hall–Kier alpha value is -1.49. The monoisotopic (exact) mass is 228 g/mol. The van der Waals surface area contributed by atoms with Crippen LogP contribution in [0.1, 0.15) is 12.5 Å². The highest BCUT2D eigenvalue weighted by Crippen LogP contribution is 2.11. The Morgan fingerprint density at radius 2 is 2.06 bits per heavy atom. The van der Waals surface area contributed by atoms with E-state index < -0.39 is 23.6 Å². The van der Waals surface area contributed by atoms with Gasteiger partial charge in [0.15, 0.2) is 11.6 Å². The standard InChI is InChI=1S/C11H14F2N2O/c1-7(11(14)16)15(2)6-8-3-4-9(12)10(13)5-8/h3-5,7H,6H2,1-2H3,(H2,14,16)/t7-/m1/s1. The van der Waals surface area contributed by atoms with Gasteiger partial charge in [0.2, 0.25) is 5.91 Å². The zero-order chi connectivity index (χ0) is 12.3. The van der Waals surface area contributed by atoms with Gasteiger partial charge in [-0.1, -0.05) is 6.07 Å². The molecule has 0 saturated carbocycles. The molecule has 1 rings (SSSR count). The van der Waals surface area contributed by atoms with E-state index in [1.807, 2.05) is 0 Å². The summed E-state index contributed by atoms with van der Waals surface area (Å²) in [4.78, 5) is 12.6. The summed E-state index contributed by atoms with van der Waals surface area (Å²) < 4.78 is 25.6. The highest BCUT2D eigenvalue weighted by molar-refractivity contribution is 5.79. The first kappa shape index (κ1) is 12.6. The summed E-state index contributed by atoms with van der Waals surface area (Å²) in [5.41, 5.74) is 5.72. The molecule has 16 heavy (non-hydrogen) atoms. The van der Waals surface area contributed by atoms with Crippen molar-refractivity contribution in [1.82, 2.24) is 4.90 Å². The quantitative estimate of drug-likeness (QED) is 0.843. The van der Waals surface area contributed by atoms with Crippen LogP contribution in [0.2, 0.25) is 0 Å². The molecule has 0 aliphatic carbocycles. The number of amides is 1. The van der Waals surface area contributed by atoms with E-state index in [4.69, 9.17) is 5.73 Å². The number of nitrogens with zero attached hydrogens (tertiary/aromatic N) is 1. The lowest BCUT2D eigenvalue weighted by Gasteiger charge is -2.21. The molecule has 0 fully saturated rings. The average Bonchev–Trinajstić information content (AvgIpc) is 2.22. The van der Waals surface area contributed by atoms with E-state index in [1.54, 1.807) is 18.9 Å². The van der Waals surface area contributed by atoms with Crippen LogP contribution < -0.4 is 5.73 Å². The maximum absolute atomic E-state index is 12.9. The Morgan fingerprint density at radius 3 is 2.56 bits per heavy atom. The molecule has 0 unspecified atom stereocenters. The number of benzene rings is 1. The largest absolute Gasteiger partial charge is 0.368 e. The van der Waals surface area contributed by atoms with E-state index in [9.17, 15) is 13.6 Å². The normalized spacial score (nSPS) is 12.8. The van der Waals surface area contributed by atoms with Gasteiger partial charge in [-0.2, -0.15) is 0 Å². The fourth-order valence-corrected chi connectivity index (χ4v) is 1.28. The van der Waals surface area contributed by atoms with E-state index in [1.165, 1.54) is 6.07 Å². The van der Waals surface area contributed by atoms with Crippen LogP contribution in [0.15, 0.2) is 18.2 Å². The molecule has 0 radical (unpaired) electrons. The van der Waals surface area contributed by atoms with Crippen LogP contribution in [0.25, 0.3) is 0 Å². The number of halogens is 2. The van der Waals surface area contributed by atoms with Crippen LogP contribution in [-0.2, 0) is 11.3 Å². The van der Waals surface area contributed by atoms with E-state index >= 15 is 0 Å². The van der Waals surface area contributed by atoms with Crippen LogP contribution in [0.3, 0.4) is 0 Å². The zero-order valence-electron chi connectivity index (χ0n) is 9.21. The summed E-state index contributed by atoms with van der Waals surface area (Å²) >= 11 is 0. The summed E-state index contributed by atoms with van der Waals surface area (Å²) in [6.07, 6.45) is 0. The van der Waals surface area contributed by atoms with Crippen LogP contribution in [0.5, 0.6) is 0 Å². The Labute approximate surface area is 92.8 Å². The lowest BCUT2D eigenvalue weighted by Crippen LogP contribution is -2.39. The molecule has 0 saturated heterocycles. The number of nitrogens with two attached hydrogens (primary N) is 1. The number of carbonyl (C=O) groups is 1. The topological polar surface area (TPSA) is 46.3 Å². The number of carbonyl (C=O) groups excluding carboxylic acids is 1. The molecule has 0 spiro atoms. The van der Waals surface area contributed by atoms with Crippen molar-refractivity contribution in [2.75, 3.05) is 7.05 Å². The minimum Gasteiger partial charge on any atom is -0.368 e.